The minimum atomic E-state index is -4.05. The molecule has 0 saturated heterocycles. The number of carbonyl (C=O) groups excluding carboxylic acids is 2. The number of hydrogen-bond donors (Lipinski definition) is 1. The van der Waals surface area contributed by atoms with Gasteiger partial charge in [-0.1, -0.05) is 77.3 Å². The second-order valence-corrected chi connectivity index (χ2v) is 12.6. The number of amides is 2. The van der Waals surface area contributed by atoms with Gasteiger partial charge in [-0.15, -0.1) is 0 Å². The predicted molar refractivity (Wildman–Crippen MR) is 158 cm³/mol. The molecule has 0 radical (unpaired) electrons. The summed E-state index contributed by atoms with van der Waals surface area (Å²) < 4.78 is 40.2. The number of carbonyl (C=O) groups is 2. The number of sulfonamides is 1. The van der Waals surface area contributed by atoms with Gasteiger partial charge < -0.3 is 10.2 Å². The van der Waals surface area contributed by atoms with Crippen LogP contribution in [0.5, 0.6) is 0 Å². The van der Waals surface area contributed by atoms with Crippen molar-refractivity contribution in [2.45, 2.75) is 38.9 Å². The van der Waals surface area contributed by atoms with Crippen molar-refractivity contribution in [1.29, 1.82) is 0 Å². The molecule has 0 spiro atoms. The van der Waals surface area contributed by atoms with Crippen molar-refractivity contribution in [3.63, 3.8) is 0 Å². The molecule has 0 aliphatic rings. The molecule has 40 heavy (non-hydrogen) atoms. The van der Waals surface area contributed by atoms with Crippen LogP contribution in [-0.2, 0) is 32.6 Å². The Balaban J connectivity index is 2.09. The molecule has 214 valence electrons. The van der Waals surface area contributed by atoms with Crippen LogP contribution in [0, 0.1) is 5.82 Å². The van der Waals surface area contributed by atoms with Crippen LogP contribution >= 0.6 is 34.8 Å². The molecule has 0 heterocycles. The Morgan fingerprint density at radius 2 is 1.50 bits per heavy atom. The highest BCUT2D eigenvalue weighted by molar-refractivity contribution is 7.92. The number of hydrogen-bond acceptors (Lipinski definition) is 4. The quantitative estimate of drug-likeness (QED) is 0.276. The van der Waals surface area contributed by atoms with Gasteiger partial charge in [0.25, 0.3) is 0 Å². The lowest BCUT2D eigenvalue weighted by Crippen LogP contribution is -2.54. The van der Waals surface area contributed by atoms with Crippen LogP contribution in [0.3, 0.4) is 0 Å². The van der Waals surface area contributed by atoms with E-state index in [1.807, 2.05) is 30.3 Å². The Labute approximate surface area is 248 Å². The van der Waals surface area contributed by atoms with Crippen molar-refractivity contribution in [3.05, 3.63) is 98.7 Å². The Hall–Kier alpha value is -2.85. The number of nitrogens with zero attached hydrogens (tertiary/aromatic N) is 2. The zero-order valence-electron chi connectivity index (χ0n) is 22.1. The second kappa shape index (κ2) is 13.7. The van der Waals surface area contributed by atoms with E-state index in [0.29, 0.717) is 5.56 Å². The van der Waals surface area contributed by atoms with E-state index in [-0.39, 0.29) is 39.8 Å². The van der Waals surface area contributed by atoms with Gasteiger partial charge in [0.2, 0.25) is 21.8 Å². The molecule has 0 fully saturated rings. The SMILES string of the molecule is CC(C)NC(=O)C(Cc1ccccc1)N(Cc1ccc(F)cc1)C(=O)CN(c1cc(Cl)c(Cl)cc1Cl)S(C)(=O)=O. The van der Waals surface area contributed by atoms with E-state index in [1.54, 1.807) is 13.8 Å². The largest absolute Gasteiger partial charge is 0.352 e. The Morgan fingerprint density at radius 1 is 0.900 bits per heavy atom. The zero-order valence-corrected chi connectivity index (χ0v) is 25.2. The Bertz CT molecular complexity index is 1460. The molecule has 0 bridgehead atoms. The van der Waals surface area contributed by atoms with Crippen LogP contribution in [0.4, 0.5) is 10.1 Å². The first-order valence-corrected chi connectivity index (χ1v) is 15.2. The second-order valence-electron chi connectivity index (χ2n) is 9.50. The van der Waals surface area contributed by atoms with Crippen molar-refractivity contribution in [2.75, 3.05) is 17.1 Å². The van der Waals surface area contributed by atoms with Crippen LogP contribution < -0.4 is 9.62 Å². The lowest BCUT2D eigenvalue weighted by molar-refractivity contribution is -0.140. The van der Waals surface area contributed by atoms with Crippen molar-refractivity contribution in [1.82, 2.24) is 10.2 Å². The van der Waals surface area contributed by atoms with Gasteiger partial charge in [0.15, 0.2) is 0 Å². The third-order valence-corrected chi connectivity index (χ3v) is 8.06. The van der Waals surface area contributed by atoms with Crippen LogP contribution in [0.2, 0.25) is 15.1 Å². The standard InChI is InChI=1S/C28H29Cl3FN3O4S/c1-18(2)33-28(37)26(13-19-7-5-4-6-8-19)34(16-20-9-11-21(32)12-10-20)27(36)17-35(40(3,38)39)25-15-23(30)22(29)14-24(25)31/h4-12,14-15,18,26H,13,16-17H2,1-3H3,(H,33,37). The average molecular weight is 629 g/mol. The molecular weight excluding hydrogens is 600 g/mol. The molecule has 3 aromatic rings. The maximum atomic E-state index is 14.0. The highest BCUT2D eigenvalue weighted by atomic mass is 35.5. The molecule has 0 aliphatic carbocycles. The summed E-state index contributed by atoms with van der Waals surface area (Å²) in [7, 11) is -4.05. The molecule has 2 amide bonds. The lowest BCUT2D eigenvalue weighted by Gasteiger charge is -2.34. The average Bonchev–Trinajstić information content (AvgIpc) is 2.87. The first-order valence-electron chi connectivity index (χ1n) is 12.3. The molecule has 3 aromatic carbocycles. The predicted octanol–water partition coefficient (Wildman–Crippen LogP) is 5.72. The normalized spacial score (nSPS) is 12.2. The monoisotopic (exact) mass is 627 g/mol. The Morgan fingerprint density at radius 3 is 2.08 bits per heavy atom. The fraction of sp³-hybridized carbons (Fsp3) is 0.286. The lowest BCUT2D eigenvalue weighted by atomic mass is 10.0. The van der Waals surface area contributed by atoms with E-state index in [2.05, 4.69) is 5.32 Å². The minimum absolute atomic E-state index is 0.0314. The summed E-state index contributed by atoms with van der Waals surface area (Å²) in [5.41, 5.74) is 1.29. The van der Waals surface area contributed by atoms with Gasteiger partial charge in [-0.3, -0.25) is 13.9 Å². The van der Waals surface area contributed by atoms with Crippen molar-refractivity contribution in [3.8, 4) is 0 Å². The summed E-state index contributed by atoms with van der Waals surface area (Å²) >= 11 is 18.5. The van der Waals surface area contributed by atoms with Gasteiger partial charge in [-0.25, -0.2) is 12.8 Å². The number of halogens is 4. The van der Waals surface area contributed by atoms with Gasteiger partial charge >= 0.3 is 0 Å². The van der Waals surface area contributed by atoms with Crippen molar-refractivity contribution in [2.24, 2.45) is 0 Å². The molecule has 0 aliphatic heterocycles. The van der Waals surface area contributed by atoms with Gasteiger partial charge in [-0.05, 0) is 49.2 Å². The fourth-order valence-electron chi connectivity index (χ4n) is 4.02. The maximum Gasteiger partial charge on any atom is 0.244 e. The Kier molecular flexibility index (Phi) is 10.8. The minimum Gasteiger partial charge on any atom is -0.352 e. The van der Waals surface area contributed by atoms with Crippen LogP contribution in [0.15, 0.2) is 66.7 Å². The summed E-state index contributed by atoms with van der Waals surface area (Å²) in [6, 6.07) is 15.9. The van der Waals surface area contributed by atoms with E-state index < -0.39 is 40.2 Å². The van der Waals surface area contributed by atoms with Crippen molar-refractivity contribution >= 4 is 62.3 Å². The summed E-state index contributed by atoms with van der Waals surface area (Å²) in [5.74, 6) is -1.57. The molecule has 1 N–H and O–H groups in total. The maximum absolute atomic E-state index is 14.0. The molecule has 7 nitrogen and oxygen atoms in total. The van der Waals surface area contributed by atoms with E-state index in [1.165, 1.54) is 41.3 Å². The van der Waals surface area contributed by atoms with Crippen LogP contribution in [-0.4, -0.2) is 50.0 Å². The number of benzene rings is 3. The van der Waals surface area contributed by atoms with E-state index in [9.17, 15) is 22.4 Å². The molecule has 12 heteroatoms. The first-order chi connectivity index (χ1) is 18.8. The van der Waals surface area contributed by atoms with Crippen LogP contribution in [0.1, 0.15) is 25.0 Å². The summed E-state index contributed by atoms with van der Waals surface area (Å²) in [6.45, 7) is 2.81. The van der Waals surface area contributed by atoms with Gasteiger partial charge in [0.1, 0.15) is 18.4 Å². The highest BCUT2D eigenvalue weighted by Crippen LogP contribution is 2.35. The van der Waals surface area contributed by atoms with Gasteiger partial charge in [0.05, 0.1) is 27.0 Å². The molecule has 1 atom stereocenters. The first kappa shape index (κ1) is 31.7. The number of rotatable bonds is 11. The molecular formula is C28H29Cl3FN3O4S. The zero-order chi connectivity index (χ0) is 29.6. The van der Waals surface area contributed by atoms with Crippen LogP contribution in [0.25, 0.3) is 0 Å². The van der Waals surface area contributed by atoms with Gasteiger partial charge in [-0.2, -0.15) is 0 Å². The highest BCUT2D eigenvalue weighted by Gasteiger charge is 2.34. The topological polar surface area (TPSA) is 86.8 Å². The molecule has 0 saturated carbocycles. The summed E-state index contributed by atoms with van der Waals surface area (Å²) in [4.78, 5) is 28.8. The van der Waals surface area contributed by atoms with Gasteiger partial charge in [0, 0.05) is 19.0 Å². The van der Waals surface area contributed by atoms with E-state index in [0.717, 1.165) is 16.1 Å². The summed E-state index contributed by atoms with van der Waals surface area (Å²) in [6.07, 6.45) is 1.08. The fourth-order valence-corrected chi connectivity index (χ4v) is 5.57. The van der Waals surface area contributed by atoms with Crippen molar-refractivity contribution < 1.29 is 22.4 Å². The molecule has 0 aromatic heterocycles. The molecule has 1 unspecified atom stereocenters. The van der Waals surface area contributed by atoms with E-state index in [4.69, 9.17) is 34.8 Å². The smallest absolute Gasteiger partial charge is 0.244 e. The third kappa shape index (κ3) is 8.57. The number of anilines is 1. The molecule has 3 rings (SSSR count). The third-order valence-electron chi connectivity index (χ3n) is 5.91. The summed E-state index contributed by atoms with van der Waals surface area (Å²) in [5, 5.41) is 2.98. The number of nitrogens with one attached hydrogen (secondary N) is 1. The van der Waals surface area contributed by atoms with E-state index >= 15 is 0 Å².